The minimum Gasteiger partial charge on any atom is -0.484 e. The van der Waals surface area contributed by atoms with Crippen LogP contribution in [0.15, 0.2) is 48.5 Å². The molecule has 0 unspecified atom stereocenters. The molecule has 7 heteroatoms. The molecule has 0 aromatic heterocycles. The molecular formula is C20H22ClF3N2O. The maximum atomic E-state index is 12.6. The van der Waals surface area contributed by atoms with Gasteiger partial charge in [0.1, 0.15) is 5.75 Å². The van der Waals surface area contributed by atoms with Crippen LogP contribution in [0.4, 0.5) is 13.2 Å². The van der Waals surface area contributed by atoms with E-state index in [1.54, 1.807) is 12.1 Å². The predicted octanol–water partition coefficient (Wildman–Crippen LogP) is 5.15. The van der Waals surface area contributed by atoms with Gasteiger partial charge in [0.15, 0.2) is 6.61 Å². The second kappa shape index (κ2) is 8.50. The maximum absolute atomic E-state index is 12.6. The van der Waals surface area contributed by atoms with Gasteiger partial charge in [-0.05, 0) is 54.5 Å². The van der Waals surface area contributed by atoms with Crippen LogP contribution in [0.5, 0.6) is 5.75 Å². The number of benzene rings is 2. The zero-order valence-corrected chi connectivity index (χ0v) is 15.5. The fourth-order valence-electron chi connectivity index (χ4n) is 3.72. The Morgan fingerprint density at radius 3 is 2.59 bits per heavy atom. The van der Waals surface area contributed by atoms with Crippen molar-refractivity contribution in [3.8, 4) is 5.75 Å². The molecule has 0 amide bonds. The van der Waals surface area contributed by atoms with Crippen LogP contribution >= 0.6 is 11.6 Å². The van der Waals surface area contributed by atoms with Crippen molar-refractivity contribution in [2.24, 2.45) is 11.8 Å². The van der Waals surface area contributed by atoms with Gasteiger partial charge in [0.25, 0.3) is 0 Å². The van der Waals surface area contributed by atoms with Crippen LogP contribution in [0.1, 0.15) is 30.0 Å². The molecule has 3 rings (SSSR count). The zero-order valence-electron chi connectivity index (χ0n) is 14.8. The SMILES string of the molecule is NN1CCC[C@@H](Cc2cc(Cl)ccc2OCC(F)(F)F)[C@H]1c1ccccc1. The van der Waals surface area contributed by atoms with Gasteiger partial charge in [-0.1, -0.05) is 41.9 Å². The molecule has 0 bridgehead atoms. The van der Waals surface area contributed by atoms with Crippen molar-refractivity contribution in [1.82, 2.24) is 5.01 Å². The Morgan fingerprint density at radius 2 is 1.89 bits per heavy atom. The minimum atomic E-state index is -4.39. The number of piperidine rings is 1. The van der Waals surface area contributed by atoms with Crippen molar-refractivity contribution in [2.75, 3.05) is 13.2 Å². The molecule has 0 saturated carbocycles. The molecule has 1 fully saturated rings. The van der Waals surface area contributed by atoms with E-state index < -0.39 is 12.8 Å². The highest BCUT2D eigenvalue weighted by molar-refractivity contribution is 6.30. The van der Waals surface area contributed by atoms with Gasteiger partial charge in [-0.3, -0.25) is 5.84 Å². The highest BCUT2D eigenvalue weighted by atomic mass is 35.5. The van der Waals surface area contributed by atoms with Crippen molar-refractivity contribution in [3.05, 3.63) is 64.7 Å². The first kappa shape index (κ1) is 20.0. The molecule has 1 heterocycles. The summed E-state index contributed by atoms with van der Waals surface area (Å²) in [6.45, 7) is -0.541. The Hall–Kier alpha value is -1.76. The Balaban J connectivity index is 1.85. The second-order valence-electron chi connectivity index (χ2n) is 6.86. The first-order valence-electron chi connectivity index (χ1n) is 8.88. The Morgan fingerprint density at radius 1 is 1.15 bits per heavy atom. The summed E-state index contributed by atoms with van der Waals surface area (Å²) >= 11 is 6.09. The Bertz CT molecular complexity index is 755. The smallest absolute Gasteiger partial charge is 0.422 e. The normalized spacial score (nSPS) is 21.2. The molecule has 1 aliphatic rings. The largest absolute Gasteiger partial charge is 0.484 e. The van der Waals surface area contributed by atoms with Crippen LogP contribution in [0.2, 0.25) is 5.02 Å². The highest BCUT2D eigenvalue weighted by Crippen LogP contribution is 2.38. The van der Waals surface area contributed by atoms with Crippen molar-refractivity contribution < 1.29 is 17.9 Å². The van der Waals surface area contributed by atoms with Gasteiger partial charge in [-0.25, -0.2) is 5.01 Å². The summed E-state index contributed by atoms with van der Waals surface area (Å²) in [4.78, 5) is 0. The molecule has 2 aromatic carbocycles. The molecule has 27 heavy (non-hydrogen) atoms. The first-order chi connectivity index (χ1) is 12.8. The molecule has 2 N–H and O–H groups in total. The first-order valence-corrected chi connectivity index (χ1v) is 9.25. The van der Waals surface area contributed by atoms with Crippen molar-refractivity contribution >= 4 is 11.6 Å². The lowest BCUT2D eigenvalue weighted by Gasteiger charge is -2.39. The maximum Gasteiger partial charge on any atom is 0.422 e. The van der Waals surface area contributed by atoms with Crippen molar-refractivity contribution in [1.29, 1.82) is 0 Å². The van der Waals surface area contributed by atoms with Gasteiger partial charge in [0.05, 0.1) is 6.04 Å². The van der Waals surface area contributed by atoms with Gasteiger partial charge < -0.3 is 4.74 Å². The summed E-state index contributed by atoms with van der Waals surface area (Å²) in [6, 6.07) is 14.7. The fourth-order valence-corrected chi connectivity index (χ4v) is 3.92. The van der Waals surface area contributed by atoms with E-state index >= 15 is 0 Å². The molecule has 1 aliphatic heterocycles. The van der Waals surface area contributed by atoms with E-state index in [4.69, 9.17) is 22.2 Å². The summed E-state index contributed by atoms with van der Waals surface area (Å²) in [5, 5.41) is 2.30. The summed E-state index contributed by atoms with van der Waals surface area (Å²) in [5.41, 5.74) is 1.78. The van der Waals surface area contributed by atoms with E-state index in [0.29, 0.717) is 17.0 Å². The standard InChI is InChI=1S/C20H22ClF3N2O/c21-17-8-9-18(27-13-20(22,23)24)16(12-17)11-15-7-4-10-26(25)19(15)14-5-2-1-3-6-14/h1-3,5-6,8-9,12,15,19H,4,7,10-11,13,25H2/t15-,19+/m0/s1. The number of nitrogens with two attached hydrogens (primary N) is 1. The number of hydrogen-bond donors (Lipinski definition) is 1. The van der Waals surface area contributed by atoms with Gasteiger partial charge >= 0.3 is 6.18 Å². The summed E-state index contributed by atoms with van der Waals surface area (Å²) < 4.78 is 42.8. The fraction of sp³-hybridized carbons (Fsp3) is 0.400. The quantitative estimate of drug-likeness (QED) is 0.708. The third-order valence-corrected chi connectivity index (χ3v) is 5.07. The molecular weight excluding hydrogens is 377 g/mol. The van der Waals surface area contributed by atoms with E-state index in [9.17, 15) is 13.2 Å². The topological polar surface area (TPSA) is 38.5 Å². The average molecular weight is 399 g/mol. The highest BCUT2D eigenvalue weighted by Gasteiger charge is 2.32. The predicted molar refractivity (Wildman–Crippen MR) is 99.5 cm³/mol. The lowest BCUT2D eigenvalue weighted by molar-refractivity contribution is -0.153. The Kier molecular flexibility index (Phi) is 6.29. The molecule has 1 saturated heterocycles. The summed E-state index contributed by atoms with van der Waals surface area (Å²) in [5.74, 6) is 6.64. The van der Waals surface area contributed by atoms with Crippen molar-refractivity contribution in [3.63, 3.8) is 0 Å². The van der Waals surface area contributed by atoms with E-state index in [0.717, 1.165) is 24.9 Å². The van der Waals surface area contributed by atoms with Crippen LogP contribution < -0.4 is 10.6 Å². The number of hydrogen-bond acceptors (Lipinski definition) is 3. The molecule has 146 valence electrons. The minimum absolute atomic E-state index is 0.00519. The third-order valence-electron chi connectivity index (χ3n) is 4.83. The van der Waals surface area contributed by atoms with Gasteiger partial charge in [0, 0.05) is 11.6 Å². The molecule has 2 atom stereocenters. The van der Waals surface area contributed by atoms with E-state index in [1.807, 2.05) is 35.3 Å². The van der Waals surface area contributed by atoms with Crippen molar-refractivity contribution in [2.45, 2.75) is 31.5 Å². The summed E-state index contributed by atoms with van der Waals surface area (Å²) in [7, 11) is 0. The molecule has 2 aromatic rings. The monoisotopic (exact) mass is 398 g/mol. The van der Waals surface area contributed by atoms with Crippen LogP contribution in [0.3, 0.4) is 0 Å². The lowest BCUT2D eigenvalue weighted by atomic mass is 9.81. The van der Waals surface area contributed by atoms with Gasteiger partial charge in [-0.2, -0.15) is 13.2 Å². The number of halogens is 4. The number of hydrazine groups is 1. The number of nitrogens with zero attached hydrogens (tertiary/aromatic N) is 1. The van der Waals surface area contributed by atoms with Gasteiger partial charge in [-0.15, -0.1) is 0 Å². The van der Waals surface area contributed by atoms with Gasteiger partial charge in [0.2, 0.25) is 0 Å². The lowest BCUT2D eigenvalue weighted by Crippen LogP contribution is -2.44. The second-order valence-corrected chi connectivity index (χ2v) is 7.29. The number of rotatable bonds is 5. The molecule has 0 radical (unpaired) electrons. The zero-order chi connectivity index (χ0) is 19.4. The van der Waals surface area contributed by atoms with E-state index in [-0.39, 0.29) is 17.7 Å². The molecule has 3 nitrogen and oxygen atoms in total. The molecule has 0 aliphatic carbocycles. The van der Waals surface area contributed by atoms with Crippen LogP contribution in [-0.4, -0.2) is 24.3 Å². The Labute approximate surface area is 161 Å². The molecule has 0 spiro atoms. The average Bonchev–Trinajstić information content (AvgIpc) is 2.61. The number of alkyl halides is 3. The van der Waals surface area contributed by atoms with E-state index in [1.165, 1.54) is 6.07 Å². The van der Waals surface area contributed by atoms with Crippen LogP contribution in [-0.2, 0) is 6.42 Å². The number of ether oxygens (including phenoxy) is 1. The van der Waals surface area contributed by atoms with Crippen LogP contribution in [0.25, 0.3) is 0 Å². The summed E-state index contributed by atoms with van der Waals surface area (Å²) in [6.07, 6.45) is -1.98. The van der Waals surface area contributed by atoms with Crippen LogP contribution in [0, 0.1) is 5.92 Å². The van der Waals surface area contributed by atoms with E-state index in [2.05, 4.69) is 0 Å². The third kappa shape index (κ3) is 5.37.